The molecule has 0 bridgehead atoms. The van der Waals surface area contributed by atoms with Gasteiger partial charge in [0, 0.05) is 17.8 Å². The number of nitrogens with zero attached hydrogens (tertiary/aromatic N) is 1. The lowest BCUT2D eigenvalue weighted by molar-refractivity contribution is 0.0530. The standard InChI is InChI=1S/C16H13NO3S/c1-2-19-16(18)15-14(20-11-6-4-3-5-7-11)12-8-9-17-10-13(12)21-15/h3-10H,2H2,1H3. The molecule has 4 nitrogen and oxygen atoms in total. The minimum Gasteiger partial charge on any atom is -0.462 e. The number of rotatable bonds is 4. The van der Waals surface area contributed by atoms with Crippen LogP contribution in [0.5, 0.6) is 11.5 Å². The predicted octanol–water partition coefficient (Wildman–Crippen LogP) is 4.27. The molecule has 3 aromatic rings. The second-order valence-corrected chi connectivity index (χ2v) is 5.32. The normalized spacial score (nSPS) is 10.5. The van der Waals surface area contributed by atoms with E-state index in [1.807, 2.05) is 36.4 Å². The number of para-hydroxylation sites is 1. The summed E-state index contributed by atoms with van der Waals surface area (Å²) >= 11 is 1.33. The van der Waals surface area contributed by atoms with E-state index in [-0.39, 0.29) is 5.97 Å². The van der Waals surface area contributed by atoms with Crippen molar-refractivity contribution in [2.24, 2.45) is 0 Å². The summed E-state index contributed by atoms with van der Waals surface area (Å²) in [4.78, 5) is 16.7. The van der Waals surface area contributed by atoms with E-state index in [9.17, 15) is 4.79 Å². The average Bonchev–Trinajstić information content (AvgIpc) is 2.88. The fourth-order valence-electron chi connectivity index (χ4n) is 1.97. The largest absolute Gasteiger partial charge is 0.462 e. The first-order chi connectivity index (χ1) is 10.3. The van der Waals surface area contributed by atoms with Gasteiger partial charge in [-0.15, -0.1) is 11.3 Å². The summed E-state index contributed by atoms with van der Waals surface area (Å²) in [5, 5.41) is 0.863. The maximum atomic E-state index is 12.1. The molecule has 0 atom stereocenters. The van der Waals surface area contributed by atoms with E-state index in [0.717, 1.165) is 10.1 Å². The highest BCUT2D eigenvalue weighted by atomic mass is 32.1. The molecule has 0 unspecified atom stereocenters. The third-order valence-corrected chi connectivity index (χ3v) is 3.97. The van der Waals surface area contributed by atoms with Crippen molar-refractivity contribution in [3.8, 4) is 11.5 Å². The number of fused-ring (bicyclic) bond motifs is 1. The van der Waals surface area contributed by atoms with Crippen LogP contribution in [0.4, 0.5) is 0 Å². The number of thiophene rings is 1. The topological polar surface area (TPSA) is 48.4 Å². The Hall–Kier alpha value is -2.40. The monoisotopic (exact) mass is 299 g/mol. The van der Waals surface area contributed by atoms with E-state index in [1.54, 1.807) is 19.3 Å². The van der Waals surface area contributed by atoms with Gasteiger partial charge in [0.05, 0.1) is 11.3 Å². The molecule has 2 aromatic heterocycles. The van der Waals surface area contributed by atoms with E-state index < -0.39 is 0 Å². The van der Waals surface area contributed by atoms with Crippen LogP contribution in [0.25, 0.3) is 10.1 Å². The minimum absolute atomic E-state index is 0.329. The van der Waals surface area contributed by atoms with E-state index in [2.05, 4.69) is 4.98 Å². The number of hydrogen-bond donors (Lipinski definition) is 0. The van der Waals surface area contributed by atoms with Gasteiger partial charge in [-0.05, 0) is 25.1 Å². The van der Waals surface area contributed by atoms with Gasteiger partial charge in [0.25, 0.3) is 0 Å². The van der Waals surface area contributed by atoms with Crippen LogP contribution in [0.3, 0.4) is 0 Å². The summed E-state index contributed by atoms with van der Waals surface area (Å²) in [6.45, 7) is 2.11. The molecule has 106 valence electrons. The van der Waals surface area contributed by atoms with Gasteiger partial charge in [0.2, 0.25) is 0 Å². The van der Waals surface area contributed by atoms with Crippen molar-refractivity contribution < 1.29 is 14.3 Å². The molecule has 0 radical (unpaired) electrons. The van der Waals surface area contributed by atoms with Crippen molar-refractivity contribution in [3.63, 3.8) is 0 Å². The molecule has 0 N–H and O–H groups in total. The van der Waals surface area contributed by atoms with Crippen molar-refractivity contribution >= 4 is 27.4 Å². The molecule has 0 aliphatic heterocycles. The Bertz CT molecular complexity index is 768. The fourth-order valence-corrected chi connectivity index (χ4v) is 2.96. The average molecular weight is 299 g/mol. The number of carbonyl (C=O) groups is 1. The molecule has 0 spiro atoms. The Balaban J connectivity index is 2.09. The second-order valence-electron chi connectivity index (χ2n) is 4.27. The molecular weight excluding hydrogens is 286 g/mol. The fraction of sp³-hybridized carbons (Fsp3) is 0.125. The van der Waals surface area contributed by atoms with Crippen LogP contribution in [-0.2, 0) is 4.74 Å². The molecule has 0 aliphatic carbocycles. The molecule has 0 amide bonds. The number of carbonyl (C=O) groups excluding carboxylic acids is 1. The highest BCUT2D eigenvalue weighted by Gasteiger charge is 2.21. The summed E-state index contributed by atoms with van der Waals surface area (Å²) in [7, 11) is 0. The van der Waals surface area contributed by atoms with Crippen LogP contribution in [0.15, 0.2) is 48.8 Å². The third kappa shape index (κ3) is 2.73. The number of esters is 1. The van der Waals surface area contributed by atoms with Crippen LogP contribution in [0, 0.1) is 0 Å². The first kappa shape index (κ1) is 13.6. The maximum Gasteiger partial charge on any atom is 0.352 e. The summed E-state index contributed by atoms with van der Waals surface area (Å²) in [6.07, 6.45) is 3.41. The molecule has 0 aliphatic rings. The Morgan fingerprint density at radius 1 is 1.24 bits per heavy atom. The zero-order valence-corrected chi connectivity index (χ0v) is 12.2. The van der Waals surface area contributed by atoms with Gasteiger partial charge in [-0.2, -0.15) is 0 Å². The van der Waals surface area contributed by atoms with Gasteiger partial charge < -0.3 is 9.47 Å². The van der Waals surface area contributed by atoms with Crippen molar-refractivity contribution in [2.45, 2.75) is 6.92 Å². The SMILES string of the molecule is CCOC(=O)c1sc2cnccc2c1Oc1ccccc1. The van der Waals surface area contributed by atoms with Crippen LogP contribution < -0.4 is 4.74 Å². The van der Waals surface area contributed by atoms with E-state index in [1.165, 1.54) is 11.3 Å². The minimum atomic E-state index is -0.371. The van der Waals surface area contributed by atoms with Crippen LogP contribution in [0.2, 0.25) is 0 Å². The zero-order valence-electron chi connectivity index (χ0n) is 11.4. The van der Waals surface area contributed by atoms with Crippen molar-refractivity contribution in [1.29, 1.82) is 0 Å². The van der Waals surface area contributed by atoms with Gasteiger partial charge in [-0.3, -0.25) is 4.98 Å². The Morgan fingerprint density at radius 3 is 2.81 bits per heavy atom. The van der Waals surface area contributed by atoms with Gasteiger partial charge >= 0.3 is 5.97 Å². The number of benzene rings is 1. The highest BCUT2D eigenvalue weighted by molar-refractivity contribution is 7.21. The summed E-state index contributed by atoms with van der Waals surface area (Å²) in [5.74, 6) is 0.839. The second kappa shape index (κ2) is 5.93. The van der Waals surface area contributed by atoms with E-state index in [4.69, 9.17) is 9.47 Å². The Kier molecular flexibility index (Phi) is 3.83. The van der Waals surface area contributed by atoms with Crippen LogP contribution >= 0.6 is 11.3 Å². The Labute approximate surface area is 126 Å². The number of aromatic nitrogens is 1. The molecule has 0 saturated heterocycles. The molecule has 1 aromatic carbocycles. The van der Waals surface area contributed by atoms with E-state index in [0.29, 0.717) is 23.0 Å². The van der Waals surface area contributed by atoms with E-state index >= 15 is 0 Å². The number of hydrogen-bond acceptors (Lipinski definition) is 5. The molecule has 0 fully saturated rings. The molecule has 3 rings (SSSR count). The molecule has 5 heteroatoms. The Morgan fingerprint density at radius 2 is 2.05 bits per heavy atom. The molecule has 21 heavy (non-hydrogen) atoms. The number of pyridine rings is 1. The van der Waals surface area contributed by atoms with Crippen LogP contribution in [0.1, 0.15) is 16.6 Å². The lowest BCUT2D eigenvalue weighted by Gasteiger charge is -2.07. The zero-order chi connectivity index (χ0) is 14.7. The third-order valence-electron chi connectivity index (χ3n) is 2.87. The van der Waals surface area contributed by atoms with Gasteiger partial charge in [-0.1, -0.05) is 18.2 Å². The lowest BCUT2D eigenvalue weighted by Crippen LogP contribution is -2.03. The van der Waals surface area contributed by atoms with Gasteiger partial charge in [0.15, 0.2) is 10.6 Å². The summed E-state index contributed by atoms with van der Waals surface area (Å²) in [6, 6.07) is 11.2. The van der Waals surface area contributed by atoms with Gasteiger partial charge in [-0.25, -0.2) is 4.79 Å². The summed E-state index contributed by atoms with van der Waals surface area (Å²) < 4.78 is 11.9. The van der Waals surface area contributed by atoms with Crippen molar-refractivity contribution in [3.05, 3.63) is 53.7 Å². The quantitative estimate of drug-likeness (QED) is 0.675. The highest BCUT2D eigenvalue weighted by Crippen LogP contribution is 2.40. The van der Waals surface area contributed by atoms with Crippen LogP contribution in [-0.4, -0.2) is 17.6 Å². The number of ether oxygens (including phenoxy) is 2. The first-order valence-electron chi connectivity index (χ1n) is 6.56. The van der Waals surface area contributed by atoms with Crippen molar-refractivity contribution in [1.82, 2.24) is 4.98 Å². The molecular formula is C16H13NO3S. The first-order valence-corrected chi connectivity index (χ1v) is 7.37. The predicted molar refractivity (Wildman–Crippen MR) is 82.1 cm³/mol. The maximum absolute atomic E-state index is 12.1. The molecule has 2 heterocycles. The lowest BCUT2D eigenvalue weighted by atomic mass is 10.2. The smallest absolute Gasteiger partial charge is 0.352 e. The summed E-state index contributed by atoms with van der Waals surface area (Å²) in [5.41, 5.74) is 0. The van der Waals surface area contributed by atoms with Crippen molar-refractivity contribution in [2.75, 3.05) is 6.61 Å². The van der Waals surface area contributed by atoms with Gasteiger partial charge in [0.1, 0.15) is 5.75 Å². The molecule has 0 saturated carbocycles.